The Morgan fingerprint density at radius 1 is 1.56 bits per heavy atom. The standard InChI is InChI=1S/C14H25N3O/c1-5-13(11(3)4)16-14(18)15-12-8-7-9-17(6-2)10-12/h1,11-13H,6-10H2,2-4H3,(H2,15,16,18). The van der Waals surface area contributed by atoms with Crippen molar-refractivity contribution >= 4 is 6.03 Å². The first-order valence-corrected chi connectivity index (χ1v) is 6.82. The van der Waals surface area contributed by atoms with Crippen molar-refractivity contribution in [2.24, 2.45) is 5.92 Å². The van der Waals surface area contributed by atoms with Crippen LogP contribution in [0.15, 0.2) is 0 Å². The van der Waals surface area contributed by atoms with Gasteiger partial charge < -0.3 is 15.5 Å². The second-order valence-electron chi connectivity index (χ2n) is 5.24. The first-order valence-electron chi connectivity index (χ1n) is 6.82. The molecule has 2 atom stereocenters. The molecule has 2 N–H and O–H groups in total. The lowest BCUT2D eigenvalue weighted by atomic mass is 10.1. The molecule has 4 nitrogen and oxygen atoms in total. The van der Waals surface area contributed by atoms with E-state index in [1.165, 1.54) is 0 Å². The third kappa shape index (κ3) is 4.58. The normalized spacial score (nSPS) is 22.3. The number of hydrogen-bond donors (Lipinski definition) is 2. The van der Waals surface area contributed by atoms with Crippen LogP contribution >= 0.6 is 0 Å². The van der Waals surface area contributed by atoms with Gasteiger partial charge in [-0.3, -0.25) is 0 Å². The van der Waals surface area contributed by atoms with Crippen molar-refractivity contribution in [1.29, 1.82) is 0 Å². The molecule has 0 radical (unpaired) electrons. The molecule has 0 aromatic carbocycles. The second kappa shape index (κ2) is 7.27. The smallest absolute Gasteiger partial charge is 0.316 e. The summed E-state index contributed by atoms with van der Waals surface area (Å²) in [5.74, 6) is 2.86. The number of rotatable bonds is 4. The van der Waals surface area contributed by atoms with E-state index in [2.05, 4.69) is 28.4 Å². The van der Waals surface area contributed by atoms with Gasteiger partial charge in [0.05, 0.1) is 6.04 Å². The fraction of sp³-hybridized carbons (Fsp3) is 0.786. The van der Waals surface area contributed by atoms with Gasteiger partial charge in [0.25, 0.3) is 0 Å². The van der Waals surface area contributed by atoms with Crippen LogP contribution in [0.5, 0.6) is 0 Å². The minimum atomic E-state index is -0.198. The van der Waals surface area contributed by atoms with Crippen LogP contribution < -0.4 is 10.6 Å². The van der Waals surface area contributed by atoms with E-state index in [1.807, 2.05) is 13.8 Å². The fourth-order valence-electron chi connectivity index (χ4n) is 2.23. The summed E-state index contributed by atoms with van der Waals surface area (Å²) in [5, 5.41) is 5.86. The number of amides is 2. The van der Waals surface area contributed by atoms with Crippen molar-refractivity contribution < 1.29 is 4.79 Å². The summed E-state index contributed by atoms with van der Waals surface area (Å²) < 4.78 is 0. The minimum absolute atomic E-state index is 0.144. The summed E-state index contributed by atoms with van der Waals surface area (Å²) in [5.41, 5.74) is 0. The fourth-order valence-corrected chi connectivity index (χ4v) is 2.23. The Kier molecular flexibility index (Phi) is 6.00. The number of piperidine rings is 1. The van der Waals surface area contributed by atoms with Crippen LogP contribution in [0.3, 0.4) is 0 Å². The Labute approximate surface area is 110 Å². The number of likely N-dealkylation sites (tertiary alicyclic amines) is 1. The molecule has 0 saturated carbocycles. The van der Waals surface area contributed by atoms with Crippen LogP contribution in [0, 0.1) is 18.3 Å². The minimum Gasteiger partial charge on any atom is -0.334 e. The van der Waals surface area contributed by atoms with E-state index in [0.717, 1.165) is 32.5 Å². The zero-order valence-corrected chi connectivity index (χ0v) is 11.7. The number of carbonyl (C=O) groups excluding carboxylic acids is 1. The lowest BCUT2D eigenvalue weighted by Gasteiger charge is -2.32. The van der Waals surface area contributed by atoms with E-state index in [4.69, 9.17) is 6.42 Å². The first kappa shape index (κ1) is 14.8. The van der Waals surface area contributed by atoms with E-state index < -0.39 is 0 Å². The van der Waals surface area contributed by atoms with Crippen LogP contribution in [0.4, 0.5) is 4.79 Å². The maximum atomic E-state index is 11.8. The number of carbonyl (C=O) groups is 1. The molecule has 2 amide bonds. The van der Waals surface area contributed by atoms with Gasteiger partial charge in [0, 0.05) is 12.6 Å². The molecule has 1 aliphatic heterocycles. The maximum absolute atomic E-state index is 11.8. The number of nitrogens with zero attached hydrogens (tertiary/aromatic N) is 1. The Balaban J connectivity index is 2.38. The van der Waals surface area contributed by atoms with Gasteiger partial charge in [-0.15, -0.1) is 6.42 Å². The molecule has 18 heavy (non-hydrogen) atoms. The topological polar surface area (TPSA) is 44.4 Å². The third-order valence-electron chi connectivity index (χ3n) is 3.42. The molecule has 1 saturated heterocycles. The Morgan fingerprint density at radius 2 is 2.28 bits per heavy atom. The quantitative estimate of drug-likeness (QED) is 0.742. The van der Waals surface area contributed by atoms with Crippen LogP contribution in [0.25, 0.3) is 0 Å². The van der Waals surface area contributed by atoms with Crippen LogP contribution in [-0.2, 0) is 0 Å². The van der Waals surface area contributed by atoms with E-state index in [-0.39, 0.29) is 24.0 Å². The predicted octanol–water partition coefficient (Wildman–Crippen LogP) is 1.43. The Bertz CT molecular complexity index is 309. The molecule has 0 spiro atoms. The van der Waals surface area contributed by atoms with Crippen molar-refractivity contribution in [2.75, 3.05) is 19.6 Å². The Morgan fingerprint density at radius 3 is 2.83 bits per heavy atom. The van der Waals surface area contributed by atoms with E-state index in [0.29, 0.717) is 0 Å². The molecule has 0 aromatic heterocycles. The summed E-state index contributed by atoms with van der Waals surface area (Å²) >= 11 is 0. The average molecular weight is 251 g/mol. The highest BCUT2D eigenvalue weighted by molar-refractivity contribution is 5.75. The largest absolute Gasteiger partial charge is 0.334 e. The van der Waals surface area contributed by atoms with Crippen molar-refractivity contribution in [2.45, 2.75) is 45.7 Å². The monoisotopic (exact) mass is 251 g/mol. The van der Waals surface area contributed by atoms with E-state index in [9.17, 15) is 4.79 Å². The predicted molar refractivity (Wildman–Crippen MR) is 74.3 cm³/mol. The van der Waals surface area contributed by atoms with Gasteiger partial charge in [-0.1, -0.05) is 26.7 Å². The first-order chi connectivity index (χ1) is 8.56. The van der Waals surface area contributed by atoms with Crippen molar-refractivity contribution in [3.63, 3.8) is 0 Å². The second-order valence-corrected chi connectivity index (χ2v) is 5.24. The van der Waals surface area contributed by atoms with Gasteiger partial charge in [-0.2, -0.15) is 0 Å². The third-order valence-corrected chi connectivity index (χ3v) is 3.42. The molecule has 0 aliphatic carbocycles. The lowest BCUT2D eigenvalue weighted by molar-refractivity contribution is 0.191. The van der Waals surface area contributed by atoms with Gasteiger partial charge in [-0.25, -0.2) is 4.79 Å². The molecule has 1 heterocycles. The van der Waals surface area contributed by atoms with Crippen molar-refractivity contribution in [3.05, 3.63) is 0 Å². The molecule has 1 aliphatic rings. The molecule has 2 unspecified atom stereocenters. The number of hydrogen-bond acceptors (Lipinski definition) is 2. The zero-order valence-electron chi connectivity index (χ0n) is 11.7. The van der Waals surface area contributed by atoms with Crippen molar-refractivity contribution in [1.82, 2.24) is 15.5 Å². The summed E-state index contributed by atoms with van der Waals surface area (Å²) in [6.07, 6.45) is 7.59. The number of urea groups is 1. The summed E-state index contributed by atoms with van der Waals surface area (Å²) in [6.45, 7) is 9.27. The molecule has 4 heteroatoms. The van der Waals surface area contributed by atoms with E-state index in [1.54, 1.807) is 0 Å². The molecule has 1 rings (SSSR count). The summed E-state index contributed by atoms with van der Waals surface area (Å²) in [6, 6.07) is -0.102. The summed E-state index contributed by atoms with van der Waals surface area (Å²) in [4.78, 5) is 14.2. The zero-order chi connectivity index (χ0) is 13.5. The van der Waals surface area contributed by atoms with Crippen LogP contribution in [0.2, 0.25) is 0 Å². The van der Waals surface area contributed by atoms with Gasteiger partial charge in [0.15, 0.2) is 0 Å². The number of terminal acetylenes is 1. The molecule has 1 fully saturated rings. The molecule has 0 aromatic rings. The van der Waals surface area contributed by atoms with Gasteiger partial charge >= 0.3 is 6.03 Å². The van der Waals surface area contributed by atoms with Crippen molar-refractivity contribution in [3.8, 4) is 12.3 Å². The lowest BCUT2D eigenvalue weighted by Crippen LogP contribution is -2.52. The SMILES string of the molecule is C#CC(NC(=O)NC1CCCN(CC)C1)C(C)C. The maximum Gasteiger partial charge on any atom is 0.316 e. The Hall–Kier alpha value is -1.21. The number of nitrogens with one attached hydrogen (secondary N) is 2. The highest BCUT2D eigenvalue weighted by Crippen LogP contribution is 2.09. The average Bonchev–Trinajstić information content (AvgIpc) is 2.35. The molecular formula is C14H25N3O. The molecule has 0 bridgehead atoms. The van der Waals surface area contributed by atoms with Crippen LogP contribution in [0.1, 0.15) is 33.6 Å². The van der Waals surface area contributed by atoms with Gasteiger partial charge in [0.1, 0.15) is 0 Å². The van der Waals surface area contributed by atoms with Crippen LogP contribution in [-0.4, -0.2) is 42.6 Å². The highest BCUT2D eigenvalue weighted by Gasteiger charge is 2.21. The highest BCUT2D eigenvalue weighted by atomic mass is 16.2. The van der Waals surface area contributed by atoms with E-state index >= 15 is 0 Å². The van der Waals surface area contributed by atoms with Gasteiger partial charge in [-0.05, 0) is 31.8 Å². The molecular weight excluding hydrogens is 226 g/mol. The molecule has 102 valence electrons. The summed E-state index contributed by atoms with van der Waals surface area (Å²) in [7, 11) is 0. The van der Waals surface area contributed by atoms with Gasteiger partial charge in [0.2, 0.25) is 0 Å². The number of likely N-dealkylation sites (N-methyl/N-ethyl adjacent to an activating group) is 1.